The normalized spacial score (nSPS) is 15.6. The van der Waals surface area contributed by atoms with Gasteiger partial charge in [0, 0.05) is 41.4 Å². The molecule has 1 aliphatic rings. The molecule has 2 aromatic carbocycles. The summed E-state index contributed by atoms with van der Waals surface area (Å²) in [5.41, 5.74) is 2.32. The number of hydrogen-bond donors (Lipinski definition) is 3. The number of rotatable bonds is 7. The Hall–Kier alpha value is -4.25. The Morgan fingerprint density at radius 3 is 2.74 bits per heavy atom. The van der Waals surface area contributed by atoms with E-state index in [1.54, 1.807) is 54.9 Å². The first-order chi connectivity index (χ1) is 18.8. The van der Waals surface area contributed by atoms with Crippen LogP contribution in [0.15, 0.2) is 60.9 Å². The molecule has 5 rings (SSSR count). The fourth-order valence-electron chi connectivity index (χ4n) is 4.56. The Morgan fingerprint density at radius 2 is 1.95 bits per heavy atom. The largest absolute Gasteiger partial charge is 0.437 e. The molecule has 0 radical (unpaired) electrons. The van der Waals surface area contributed by atoms with Gasteiger partial charge in [0.05, 0.1) is 11.3 Å². The molecule has 2 aromatic heterocycles. The topological polar surface area (TPSA) is 101 Å². The minimum absolute atomic E-state index is 0.239. The lowest BCUT2D eigenvalue weighted by Crippen LogP contribution is -2.38. The number of halogens is 3. The minimum atomic E-state index is -4.60. The van der Waals surface area contributed by atoms with Crippen molar-refractivity contribution in [2.45, 2.75) is 38.4 Å². The van der Waals surface area contributed by atoms with Gasteiger partial charge in [-0.15, -0.1) is 0 Å². The molecule has 39 heavy (non-hydrogen) atoms. The van der Waals surface area contributed by atoms with Crippen LogP contribution in [0.2, 0.25) is 0 Å². The van der Waals surface area contributed by atoms with Crippen LogP contribution in [0.3, 0.4) is 0 Å². The maximum Gasteiger partial charge on any atom is 0.397 e. The van der Waals surface area contributed by atoms with E-state index in [4.69, 9.17) is 9.72 Å². The lowest BCUT2D eigenvalue weighted by atomic mass is 10.0. The molecular weight excluding hydrogens is 509 g/mol. The highest BCUT2D eigenvalue weighted by Crippen LogP contribution is 2.38. The first-order valence-electron chi connectivity index (χ1n) is 12.6. The number of aromatic nitrogens is 3. The van der Waals surface area contributed by atoms with Gasteiger partial charge >= 0.3 is 6.18 Å². The zero-order valence-corrected chi connectivity index (χ0v) is 21.2. The monoisotopic (exact) mass is 536 g/mol. The van der Waals surface area contributed by atoms with E-state index in [1.165, 1.54) is 0 Å². The number of carbonyl (C=O) groups excluding carboxylic acids is 1. The number of nitrogens with zero attached hydrogens (tertiary/aromatic N) is 3. The van der Waals surface area contributed by atoms with Gasteiger partial charge < -0.3 is 20.7 Å². The molecule has 3 N–H and O–H groups in total. The first-order valence-corrected chi connectivity index (χ1v) is 12.6. The van der Waals surface area contributed by atoms with Crippen molar-refractivity contribution in [2.75, 3.05) is 23.7 Å². The summed E-state index contributed by atoms with van der Waals surface area (Å²) in [4.78, 5) is 25.5. The summed E-state index contributed by atoms with van der Waals surface area (Å²) >= 11 is 0. The maximum absolute atomic E-state index is 12.7. The van der Waals surface area contributed by atoms with Crippen LogP contribution < -0.4 is 20.7 Å². The smallest absolute Gasteiger partial charge is 0.397 e. The molecule has 4 aromatic rings. The van der Waals surface area contributed by atoms with Crippen LogP contribution in [0.1, 0.15) is 24.8 Å². The number of nitrogens with one attached hydrogen (secondary N) is 3. The third-order valence-electron chi connectivity index (χ3n) is 6.38. The Kier molecular flexibility index (Phi) is 7.60. The van der Waals surface area contributed by atoms with Gasteiger partial charge in [-0.1, -0.05) is 24.3 Å². The van der Waals surface area contributed by atoms with Crippen LogP contribution in [-0.2, 0) is 4.79 Å². The summed E-state index contributed by atoms with van der Waals surface area (Å²) in [5.74, 6) is 0.155. The molecule has 1 amide bonds. The van der Waals surface area contributed by atoms with Gasteiger partial charge in [-0.25, -0.2) is 15.0 Å². The van der Waals surface area contributed by atoms with Crippen molar-refractivity contribution in [2.24, 2.45) is 0 Å². The van der Waals surface area contributed by atoms with Gasteiger partial charge in [-0.3, -0.25) is 4.79 Å². The van der Waals surface area contributed by atoms with Gasteiger partial charge in [0.15, 0.2) is 0 Å². The van der Waals surface area contributed by atoms with Crippen molar-refractivity contribution < 1.29 is 22.7 Å². The lowest BCUT2D eigenvalue weighted by molar-refractivity contribution is -0.150. The first kappa shape index (κ1) is 26.4. The maximum atomic E-state index is 12.7. The van der Waals surface area contributed by atoms with Crippen molar-refractivity contribution in [3.63, 3.8) is 0 Å². The molecule has 8 nitrogen and oxygen atoms in total. The molecular formula is C28H27F3N6O2. The number of benzene rings is 2. The molecule has 0 aliphatic carbocycles. The van der Waals surface area contributed by atoms with Crippen LogP contribution in [-0.4, -0.2) is 46.2 Å². The second kappa shape index (κ2) is 11.2. The number of anilines is 2. The Balaban J connectivity index is 1.45. The number of piperidine rings is 1. The average Bonchev–Trinajstić information content (AvgIpc) is 2.90. The Labute approximate surface area is 223 Å². The average molecular weight is 537 g/mol. The summed E-state index contributed by atoms with van der Waals surface area (Å²) in [7, 11) is 0. The molecule has 1 unspecified atom stereocenters. The summed E-state index contributed by atoms with van der Waals surface area (Å²) < 4.78 is 44.4. The molecule has 1 saturated heterocycles. The summed E-state index contributed by atoms with van der Waals surface area (Å²) in [6, 6.07) is 14.2. The fraction of sp³-hybridized carbons (Fsp3) is 0.286. The molecule has 1 aliphatic heterocycles. The predicted molar refractivity (Wildman–Crippen MR) is 143 cm³/mol. The summed E-state index contributed by atoms with van der Waals surface area (Å²) in [5, 5.41) is 10.3. The van der Waals surface area contributed by atoms with Crippen molar-refractivity contribution in [1.29, 1.82) is 0 Å². The van der Waals surface area contributed by atoms with Gasteiger partial charge in [-0.05, 0) is 56.1 Å². The Morgan fingerprint density at radius 1 is 1.08 bits per heavy atom. The molecule has 11 heteroatoms. The van der Waals surface area contributed by atoms with E-state index in [-0.39, 0.29) is 11.7 Å². The number of hydrogen-bond acceptors (Lipinski definition) is 7. The van der Waals surface area contributed by atoms with Crippen LogP contribution >= 0.6 is 0 Å². The number of ether oxygens (including phenoxy) is 1. The van der Waals surface area contributed by atoms with E-state index >= 15 is 0 Å². The Bertz CT molecular complexity index is 1490. The van der Waals surface area contributed by atoms with Crippen LogP contribution in [0.5, 0.6) is 11.6 Å². The quantitative estimate of drug-likeness (QED) is 0.273. The third-order valence-corrected chi connectivity index (χ3v) is 6.38. The summed E-state index contributed by atoms with van der Waals surface area (Å²) in [6.07, 6.45) is -0.772. The van der Waals surface area contributed by atoms with Crippen LogP contribution in [0.25, 0.3) is 22.0 Å². The van der Waals surface area contributed by atoms with E-state index in [1.807, 2.05) is 13.0 Å². The molecule has 0 saturated carbocycles. The van der Waals surface area contributed by atoms with Crippen molar-refractivity contribution in [1.82, 2.24) is 20.3 Å². The second-order valence-corrected chi connectivity index (χ2v) is 9.36. The highest BCUT2D eigenvalue weighted by Gasteiger charge is 2.31. The summed E-state index contributed by atoms with van der Waals surface area (Å²) in [6.45, 7) is 3.70. The zero-order valence-electron chi connectivity index (χ0n) is 21.2. The molecule has 0 spiro atoms. The standard InChI is InChI=1S/C28H27F3N6O2/c1-17-9-10-19-20(6-2-8-22(19)36-24(38)15-28(29,30)31)25(17)39-26-21(7-4-13-33-26)23-11-14-34-27(37-23)35-18-5-3-12-32-16-18/h2,4,6-11,13-14,18,32H,3,5,12,15-16H2,1H3,(H,36,38)(H,34,35,37). The number of amides is 1. The molecule has 3 heterocycles. The lowest BCUT2D eigenvalue weighted by Gasteiger charge is -2.23. The van der Waals surface area contributed by atoms with Crippen LogP contribution in [0, 0.1) is 6.92 Å². The molecule has 1 fully saturated rings. The predicted octanol–water partition coefficient (Wildman–Crippen LogP) is 5.85. The number of alkyl halides is 3. The third kappa shape index (κ3) is 6.43. The SMILES string of the molecule is Cc1ccc2c(NC(=O)CC(F)(F)F)cccc2c1Oc1ncccc1-c1ccnc(NC2CCCNC2)n1. The van der Waals surface area contributed by atoms with Crippen LogP contribution in [0.4, 0.5) is 24.8 Å². The minimum Gasteiger partial charge on any atom is -0.437 e. The van der Waals surface area contributed by atoms with E-state index in [2.05, 4.69) is 25.9 Å². The van der Waals surface area contributed by atoms with E-state index in [9.17, 15) is 18.0 Å². The van der Waals surface area contributed by atoms with Crippen molar-refractivity contribution in [3.8, 4) is 22.9 Å². The van der Waals surface area contributed by atoms with E-state index < -0.39 is 18.5 Å². The van der Waals surface area contributed by atoms with Gasteiger partial charge in [0.25, 0.3) is 0 Å². The molecule has 1 atom stereocenters. The number of pyridine rings is 1. The van der Waals surface area contributed by atoms with Crippen molar-refractivity contribution >= 4 is 28.3 Å². The van der Waals surface area contributed by atoms with Gasteiger partial charge in [0.1, 0.15) is 12.2 Å². The highest BCUT2D eigenvalue weighted by molar-refractivity contribution is 6.04. The van der Waals surface area contributed by atoms with Crippen molar-refractivity contribution in [3.05, 3.63) is 66.5 Å². The fourth-order valence-corrected chi connectivity index (χ4v) is 4.56. The second-order valence-electron chi connectivity index (χ2n) is 9.36. The van der Waals surface area contributed by atoms with E-state index in [0.717, 1.165) is 31.5 Å². The number of fused-ring (bicyclic) bond motifs is 1. The molecule has 202 valence electrons. The van der Waals surface area contributed by atoms with Gasteiger partial charge in [-0.2, -0.15) is 13.2 Å². The van der Waals surface area contributed by atoms with Gasteiger partial charge in [0.2, 0.25) is 17.7 Å². The number of carbonyl (C=O) groups is 1. The number of aryl methyl sites for hydroxylation is 1. The molecule has 0 bridgehead atoms. The zero-order chi connectivity index (χ0) is 27.4. The highest BCUT2D eigenvalue weighted by atomic mass is 19.4. The van der Waals surface area contributed by atoms with E-state index in [0.29, 0.717) is 39.6 Å².